The van der Waals surface area contributed by atoms with Crippen molar-refractivity contribution in [3.8, 4) is 0 Å². The highest BCUT2D eigenvalue weighted by atomic mass is 16.3. The van der Waals surface area contributed by atoms with Crippen LogP contribution in [0.2, 0.25) is 0 Å². The summed E-state index contributed by atoms with van der Waals surface area (Å²) in [6, 6.07) is 8.20. The molecule has 2 heterocycles. The van der Waals surface area contributed by atoms with Crippen molar-refractivity contribution < 1.29 is 9.90 Å². The van der Waals surface area contributed by atoms with Gasteiger partial charge in [0.1, 0.15) is 5.54 Å². The minimum Gasteiger partial charge on any atom is -0.395 e. The van der Waals surface area contributed by atoms with E-state index in [2.05, 4.69) is 24.0 Å². The van der Waals surface area contributed by atoms with Crippen LogP contribution in [-0.4, -0.2) is 47.7 Å². The second-order valence-electron chi connectivity index (χ2n) is 6.24. The van der Waals surface area contributed by atoms with E-state index in [1.165, 1.54) is 5.56 Å². The third-order valence-electron chi connectivity index (χ3n) is 4.95. The zero-order chi connectivity index (χ0) is 14.9. The van der Waals surface area contributed by atoms with Crippen LogP contribution >= 0.6 is 0 Å². The topological polar surface area (TPSA) is 43.8 Å². The van der Waals surface area contributed by atoms with Crippen molar-refractivity contribution in [2.75, 3.05) is 31.1 Å². The van der Waals surface area contributed by atoms with E-state index in [0.29, 0.717) is 6.54 Å². The third kappa shape index (κ3) is 2.47. The highest BCUT2D eigenvalue weighted by Gasteiger charge is 2.50. The summed E-state index contributed by atoms with van der Waals surface area (Å²) in [7, 11) is 0. The molecule has 2 aliphatic heterocycles. The first kappa shape index (κ1) is 14.5. The summed E-state index contributed by atoms with van der Waals surface area (Å²) in [5.74, 6) is 0.226. The Labute approximate surface area is 126 Å². The van der Waals surface area contributed by atoms with Gasteiger partial charge < -0.3 is 10.0 Å². The van der Waals surface area contributed by atoms with Gasteiger partial charge in [0.2, 0.25) is 5.91 Å². The van der Waals surface area contributed by atoms with Gasteiger partial charge in [-0.25, -0.2) is 0 Å². The molecule has 1 N–H and O–H groups in total. The molecule has 114 valence electrons. The first-order chi connectivity index (χ1) is 10.2. The summed E-state index contributed by atoms with van der Waals surface area (Å²) in [4.78, 5) is 17.3. The fourth-order valence-electron chi connectivity index (χ4n) is 3.87. The van der Waals surface area contributed by atoms with Gasteiger partial charge in [0.05, 0.1) is 6.61 Å². The number of rotatable bonds is 3. The fourth-order valence-corrected chi connectivity index (χ4v) is 3.87. The van der Waals surface area contributed by atoms with E-state index in [1.54, 1.807) is 0 Å². The average molecular weight is 288 g/mol. The maximum absolute atomic E-state index is 13.1. The lowest BCUT2D eigenvalue weighted by atomic mass is 9.85. The number of hydrogen-bond acceptors (Lipinski definition) is 3. The van der Waals surface area contributed by atoms with Crippen LogP contribution in [0.15, 0.2) is 24.3 Å². The van der Waals surface area contributed by atoms with Gasteiger partial charge >= 0.3 is 0 Å². The van der Waals surface area contributed by atoms with Crippen LogP contribution in [0, 0.1) is 6.92 Å². The van der Waals surface area contributed by atoms with Crippen molar-refractivity contribution in [3.63, 3.8) is 0 Å². The van der Waals surface area contributed by atoms with Gasteiger partial charge in [-0.1, -0.05) is 17.7 Å². The van der Waals surface area contributed by atoms with Crippen molar-refractivity contribution >= 4 is 11.6 Å². The van der Waals surface area contributed by atoms with Crippen molar-refractivity contribution in [2.45, 2.75) is 38.1 Å². The number of benzene rings is 1. The Hall–Kier alpha value is -1.39. The zero-order valence-corrected chi connectivity index (χ0v) is 12.7. The first-order valence-electron chi connectivity index (χ1n) is 7.92. The number of carbonyl (C=O) groups excluding carboxylic acids is 1. The minimum atomic E-state index is -0.369. The number of aliphatic hydroxyl groups excluding tert-OH is 1. The number of piperidine rings is 1. The molecule has 4 nitrogen and oxygen atoms in total. The second-order valence-corrected chi connectivity index (χ2v) is 6.24. The highest BCUT2D eigenvalue weighted by molar-refractivity contribution is 6.01. The molecule has 21 heavy (non-hydrogen) atoms. The first-order valence-corrected chi connectivity index (χ1v) is 7.92. The molecule has 2 saturated heterocycles. The molecule has 1 aromatic carbocycles. The molecule has 1 unspecified atom stereocenters. The van der Waals surface area contributed by atoms with Gasteiger partial charge in [-0.05, 0) is 51.3 Å². The Balaban J connectivity index is 1.88. The van der Waals surface area contributed by atoms with E-state index < -0.39 is 0 Å². The molecule has 4 heteroatoms. The number of aliphatic hydroxyl groups is 1. The predicted octanol–water partition coefficient (Wildman–Crippen LogP) is 1.95. The molecule has 1 amide bonds. The van der Waals surface area contributed by atoms with Crippen molar-refractivity contribution in [1.82, 2.24) is 4.90 Å². The quantitative estimate of drug-likeness (QED) is 0.924. The van der Waals surface area contributed by atoms with E-state index in [1.807, 2.05) is 17.0 Å². The van der Waals surface area contributed by atoms with E-state index in [9.17, 15) is 9.90 Å². The van der Waals surface area contributed by atoms with Gasteiger partial charge in [-0.2, -0.15) is 0 Å². The molecule has 1 atom stereocenters. The Kier molecular flexibility index (Phi) is 4.00. The molecular formula is C17H24N2O2. The molecule has 3 rings (SSSR count). The summed E-state index contributed by atoms with van der Waals surface area (Å²) in [6.07, 6.45) is 3.93. The van der Waals surface area contributed by atoms with Crippen LogP contribution in [-0.2, 0) is 4.79 Å². The van der Waals surface area contributed by atoms with Crippen LogP contribution in [0.5, 0.6) is 0 Å². The van der Waals surface area contributed by atoms with Gasteiger partial charge in [0.25, 0.3) is 0 Å². The number of amides is 1. The monoisotopic (exact) mass is 288 g/mol. The predicted molar refractivity (Wildman–Crippen MR) is 83.4 cm³/mol. The summed E-state index contributed by atoms with van der Waals surface area (Å²) >= 11 is 0. The Morgan fingerprint density at radius 3 is 2.48 bits per heavy atom. The number of likely N-dealkylation sites (tertiary alicyclic amines) is 1. The van der Waals surface area contributed by atoms with E-state index >= 15 is 0 Å². The lowest BCUT2D eigenvalue weighted by molar-refractivity contribution is -0.131. The van der Waals surface area contributed by atoms with E-state index in [-0.39, 0.29) is 18.1 Å². The Morgan fingerprint density at radius 1 is 1.14 bits per heavy atom. The van der Waals surface area contributed by atoms with Gasteiger partial charge in [-0.15, -0.1) is 0 Å². The van der Waals surface area contributed by atoms with Crippen LogP contribution in [0.4, 0.5) is 5.69 Å². The Bertz CT molecular complexity index is 514. The normalized spacial score (nSPS) is 26.8. The van der Waals surface area contributed by atoms with E-state index in [4.69, 9.17) is 0 Å². The number of aryl methyl sites for hydroxylation is 1. The lowest BCUT2D eigenvalue weighted by Crippen LogP contribution is -2.60. The summed E-state index contributed by atoms with van der Waals surface area (Å²) < 4.78 is 0. The lowest BCUT2D eigenvalue weighted by Gasteiger charge is -2.44. The maximum Gasteiger partial charge on any atom is 0.247 e. The zero-order valence-electron chi connectivity index (χ0n) is 12.7. The van der Waals surface area contributed by atoms with Crippen molar-refractivity contribution in [1.29, 1.82) is 0 Å². The Morgan fingerprint density at radius 2 is 1.81 bits per heavy atom. The molecule has 1 aromatic rings. The molecule has 0 radical (unpaired) electrons. The molecular weight excluding hydrogens is 264 g/mol. The van der Waals surface area contributed by atoms with Crippen molar-refractivity contribution in [3.05, 3.63) is 29.8 Å². The van der Waals surface area contributed by atoms with Crippen molar-refractivity contribution in [2.24, 2.45) is 0 Å². The minimum absolute atomic E-state index is 0.125. The molecule has 0 saturated carbocycles. The number of anilines is 1. The van der Waals surface area contributed by atoms with E-state index in [0.717, 1.165) is 44.5 Å². The molecule has 0 aliphatic carbocycles. The fraction of sp³-hybridized carbons (Fsp3) is 0.588. The molecule has 2 aliphatic rings. The van der Waals surface area contributed by atoms with Gasteiger partial charge in [0, 0.05) is 18.8 Å². The standard InChI is InChI=1S/C17H24N2O2/c1-14-4-6-15(7-5-14)19-11-3-9-17(16(19)21)8-2-10-18(17)12-13-20/h4-7,20H,2-3,8-13H2,1H3. The summed E-state index contributed by atoms with van der Waals surface area (Å²) in [6.45, 7) is 4.51. The van der Waals surface area contributed by atoms with Crippen LogP contribution < -0.4 is 4.90 Å². The smallest absolute Gasteiger partial charge is 0.247 e. The number of carbonyl (C=O) groups is 1. The van der Waals surface area contributed by atoms with Gasteiger partial charge in [0.15, 0.2) is 0 Å². The van der Waals surface area contributed by atoms with Crippen LogP contribution in [0.3, 0.4) is 0 Å². The highest BCUT2D eigenvalue weighted by Crippen LogP contribution is 2.39. The number of nitrogens with zero attached hydrogens (tertiary/aromatic N) is 2. The van der Waals surface area contributed by atoms with Crippen LogP contribution in [0.25, 0.3) is 0 Å². The molecule has 1 spiro atoms. The van der Waals surface area contributed by atoms with Gasteiger partial charge in [-0.3, -0.25) is 9.69 Å². The number of hydrogen-bond donors (Lipinski definition) is 1. The molecule has 2 fully saturated rings. The SMILES string of the molecule is Cc1ccc(N2CCCC3(CCCN3CCO)C2=O)cc1. The summed E-state index contributed by atoms with van der Waals surface area (Å²) in [5, 5.41) is 9.27. The largest absolute Gasteiger partial charge is 0.395 e. The third-order valence-corrected chi connectivity index (χ3v) is 4.95. The second kappa shape index (κ2) is 5.78. The van der Waals surface area contributed by atoms with Crippen LogP contribution in [0.1, 0.15) is 31.2 Å². The molecule has 0 bridgehead atoms. The summed E-state index contributed by atoms with van der Waals surface area (Å²) in [5.41, 5.74) is 1.84. The average Bonchev–Trinajstić information content (AvgIpc) is 2.88. The number of β-amino-alcohol motifs (C(OH)–C–C–N with tert-alkyl or cyclic N) is 1. The maximum atomic E-state index is 13.1. The molecule has 0 aromatic heterocycles.